The maximum atomic E-state index is 2.63. The summed E-state index contributed by atoms with van der Waals surface area (Å²) in [5.74, 6) is 0. The zero-order valence-electron chi connectivity index (χ0n) is 15.8. The van der Waals surface area contributed by atoms with Crippen LogP contribution in [0.1, 0.15) is 104 Å². The summed E-state index contributed by atoms with van der Waals surface area (Å²) in [4.78, 5) is 0. The van der Waals surface area contributed by atoms with Crippen LogP contribution in [-0.2, 0) is 0 Å². The SMILES string of the molecule is CCCCCCCCCC[PH](C)(C)CCCCCCCC. The van der Waals surface area contributed by atoms with Gasteiger partial charge < -0.3 is 0 Å². The van der Waals surface area contributed by atoms with Gasteiger partial charge in [-0.3, -0.25) is 0 Å². The zero-order chi connectivity index (χ0) is 15.8. The molecule has 0 aromatic rings. The molecule has 0 spiro atoms. The summed E-state index contributed by atoms with van der Waals surface area (Å²) in [6.07, 6.45) is 23.7. The first-order valence-electron chi connectivity index (χ1n) is 10.1. The molecule has 0 aromatic carbocycles. The van der Waals surface area contributed by atoms with Crippen molar-refractivity contribution in [2.45, 2.75) is 104 Å². The van der Waals surface area contributed by atoms with Gasteiger partial charge in [0.15, 0.2) is 0 Å². The molecule has 0 aliphatic rings. The van der Waals surface area contributed by atoms with Gasteiger partial charge >= 0.3 is 137 Å². The molecule has 21 heavy (non-hydrogen) atoms. The van der Waals surface area contributed by atoms with Gasteiger partial charge in [0.05, 0.1) is 0 Å². The van der Waals surface area contributed by atoms with E-state index in [1.54, 1.807) is 12.3 Å². The molecular weight excluding hydrogens is 271 g/mol. The Hall–Kier alpha value is 0.430. The Bertz CT molecular complexity index is 198. The van der Waals surface area contributed by atoms with E-state index in [1.807, 2.05) is 0 Å². The van der Waals surface area contributed by atoms with E-state index in [0.717, 1.165) is 0 Å². The third-order valence-corrected chi connectivity index (χ3v) is 8.33. The molecule has 0 N–H and O–H groups in total. The summed E-state index contributed by atoms with van der Waals surface area (Å²) in [6, 6.07) is 0. The van der Waals surface area contributed by atoms with Crippen molar-refractivity contribution in [1.29, 1.82) is 0 Å². The van der Waals surface area contributed by atoms with Crippen LogP contribution in [0.25, 0.3) is 0 Å². The van der Waals surface area contributed by atoms with Gasteiger partial charge in [-0.15, -0.1) is 0 Å². The molecule has 0 saturated carbocycles. The van der Waals surface area contributed by atoms with E-state index >= 15 is 0 Å². The van der Waals surface area contributed by atoms with Gasteiger partial charge in [-0.05, 0) is 0 Å². The molecule has 0 aromatic heterocycles. The molecule has 0 radical (unpaired) electrons. The van der Waals surface area contributed by atoms with Crippen molar-refractivity contribution < 1.29 is 0 Å². The fraction of sp³-hybridized carbons (Fsp3) is 1.00. The molecule has 0 fully saturated rings. The summed E-state index contributed by atoms with van der Waals surface area (Å²) in [5, 5.41) is 0. The Balaban J connectivity index is 3.34. The first-order valence-corrected chi connectivity index (χ1v) is 13.5. The van der Waals surface area contributed by atoms with Gasteiger partial charge in [-0.25, -0.2) is 0 Å². The van der Waals surface area contributed by atoms with Crippen molar-refractivity contribution in [3.63, 3.8) is 0 Å². The van der Waals surface area contributed by atoms with E-state index in [9.17, 15) is 0 Å². The van der Waals surface area contributed by atoms with Crippen molar-refractivity contribution in [2.75, 3.05) is 25.7 Å². The minimum absolute atomic E-state index is 0.853. The predicted molar refractivity (Wildman–Crippen MR) is 106 cm³/mol. The van der Waals surface area contributed by atoms with Crippen LogP contribution in [0.15, 0.2) is 0 Å². The molecule has 0 nitrogen and oxygen atoms in total. The molecule has 130 valence electrons. The molecule has 0 heterocycles. The van der Waals surface area contributed by atoms with Gasteiger partial charge in [0.2, 0.25) is 0 Å². The molecule has 1 heteroatoms. The predicted octanol–water partition coefficient (Wildman–Crippen LogP) is 7.50. The standard InChI is InChI=1S/C20H45P/c1-5-7-9-11-13-14-16-18-20-21(3,4)19-17-15-12-10-8-6-2/h21H,5-20H2,1-4H3. The van der Waals surface area contributed by atoms with Gasteiger partial charge in [0, 0.05) is 0 Å². The van der Waals surface area contributed by atoms with E-state index < -0.39 is 7.26 Å². The third-order valence-electron chi connectivity index (χ3n) is 4.91. The molecule has 0 aliphatic carbocycles. The van der Waals surface area contributed by atoms with Gasteiger partial charge in [0.1, 0.15) is 0 Å². The van der Waals surface area contributed by atoms with E-state index in [2.05, 4.69) is 27.2 Å². The van der Waals surface area contributed by atoms with Crippen LogP contribution in [0.2, 0.25) is 0 Å². The van der Waals surface area contributed by atoms with Crippen molar-refractivity contribution >= 4 is 7.26 Å². The van der Waals surface area contributed by atoms with Crippen LogP contribution in [0, 0.1) is 0 Å². The average Bonchev–Trinajstić information content (AvgIpc) is 2.45. The van der Waals surface area contributed by atoms with Crippen LogP contribution in [0.5, 0.6) is 0 Å². The molecule has 0 atom stereocenters. The number of unbranched alkanes of at least 4 members (excludes halogenated alkanes) is 12. The molecule has 0 bridgehead atoms. The normalized spacial score (nSPS) is 12.8. The second kappa shape index (κ2) is 15.3. The minimum atomic E-state index is -0.853. The van der Waals surface area contributed by atoms with Crippen LogP contribution < -0.4 is 0 Å². The number of rotatable bonds is 16. The Kier molecular flexibility index (Phi) is 15.6. The Labute approximate surface area is 137 Å². The summed E-state index contributed by atoms with van der Waals surface area (Å²) < 4.78 is 0. The summed E-state index contributed by atoms with van der Waals surface area (Å²) in [6.45, 7) is 9.86. The quantitative estimate of drug-likeness (QED) is 0.204. The Morgan fingerprint density at radius 1 is 0.429 bits per heavy atom. The van der Waals surface area contributed by atoms with E-state index in [1.165, 1.54) is 89.9 Å². The van der Waals surface area contributed by atoms with E-state index in [4.69, 9.17) is 0 Å². The zero-order valence-corrected chi connectivity index (χ0v) is 16.8. The fourth-order valence-corrected chi connectivity index (χ4v) is 5.91. The van der Waals surface area contributed by atoms with E-state index in [-0.39, 0.29) is 0 Å². The van der Waals surface area contributed by atoms with Gasteiger partial charge in [-0.2, -0.15) is 0 Å². The van der Waals surface area contributed by atoms with Crippen molar-refractivity contribution in [3.05, 3.63) is 0 Å². The average molecular weight is 317 g/mol. The topological polar surface area (TPSA) is 0 Å². The van der Waals surface area contributed by atoms with Crippen molar-refractivity contribution in [3.8, 4) is 0 Å². The second-order valence-electron chi connectivity index (χ2n) is 7.91. The second-order valence-corrected chi connectivity index (χ2v) is 13.2. The molecule has 0 unspecified atom stereocenters. The van der Waals surface area contributed by atoms with E-state index in [0.29, 0.717) is 0 Å². The Morgan fingerprint density at radius 3 is 1.05 bits per heavy atom. The number of hydrogen-bond donors (Lipinski definition) is 0. The first-order chi connectivity index (χ1) is 10.1. The summed E-state index contributed by atoms with van der Waals surface area (Å²) in [7, 11) is -0.853. The van der Waals surface area contributed by atoms with Crippen LogP contribution in [0.4, 0.5) is 0 Å². The molecule has 0 saturated heterocycles. The summed E-state index contributed by atoms with van der Waals surface area (Å²) in [5.41, 5.74) is 0. The summed E-state index contributed by atoms with van der Waals surface area (Å²) >= 11 is 0. The van der Waals surface area contributed by atoms with Crippen molar-refractivity contribution in [1.82, 2.24) is 0 Å². The number of hydrogen-bond acceptors (Lipinski definition) is 0. The van der Waals surface area contributed by atoms with Crippen LogP contribution >= 0.6 is 7.26 Å². The molecular formula is C20H45P. The maximum absolute atomic E-state index is 2.63. The van der Waals surface area contributed by atoms with Gasteiger partial charge in [0.25, 0.3) is 0 Å². The monoisotopic (exact) mass is 316 g/mol. The first kappa shape index (κ1) is 21.4. The fourth-order valence-electron chi connectivity index (χ4n) is 3.25. The van der Waals surface area contributed by atoms with Crippen LogP contribution in [-0.4, -0.2) is 25.7 Å². The van der Waals surface area contributed by atoms with Crippen LogP contribution in [0.3, 0.4) is 0 Å². The Morgan fingerprint density at radius 2 is 0.714 bits per heavy atom. The molecule has 0 aliphatic heterocycles. The molecule has 0 amide bonds. The third kappa shape index (κ3) is 16.6. The molecule has 0 rings (SSSR count). The van der Waals surface area contributed by atoms with Gasteiger partial charge in [-0.1, -0.05) is 0 Å². The van der Waals surface area contributed by atoms with Crippen molar-refractivity contribution in [2.24, 2.45) is 0 Å².